The van der Waals surface area contributed by atoms with Crippen LogP contribution in [0.1, 0.15) is 15.9 Å². The minimum Gasteiger partial charge on any atom is -0.495 e. The molecule has 0 aliphatic rings. The van der Waals surface area contributed by atoms with Crippen molar-refractivity contribution in [2.75, 3.05) is 23.8 Å². The van der Waals surface area contributed by atoms with Crippen LogP contribution in [0.15, 0.2) is 77.1 Å². The van der Waals surface area contributed by atoms with Crippen molar-refractivity contribution in [1.82, 2.24) is 9.97 Å². The van der Waals surface area contributed by atoms with Crippen molar-refractivity contribution in [3.8, 4) is 17.1 Å². The van der Waals surface area contributed by atoms with Crippen molar-refractivity contribution in [2.24, 2.45) is 0 Å². The zero-order valence-electron chi connectivity index (χ0n) is 18.7. The first kappa shape index (κ1) is 23.4. The molecule has 174 valence electrons. The number of nitrogens with one attached hydrogen (secondary N) is 1. The number of hydrogen-bond acceptors (Lipinski definition) is 7. The molecule has 0 radical (unpaired) electrons. The van der Waals surface area contributed by atoms with Gasteiger partial charge in [0.2, 0.25) is 0 Å². The minimum absolute atomic E-state index is 0.00929. The molecule has 10 heteroatoms. The van der Waals surface area contributed by atoms with Gasteiger partial charge < -0.3 is 4.74 Å². The van der Waals surface area contributed by atoms with E-state index in [4.69, 9.17) is 4.74 Å². The van der Waals surface area contributed by atoms with E-state index in [0.29, 0.717) is 33.5 Å². The number of sulfonamides is 1. The maximum Gasteiger partial charge on any atom is 0.264 e. The summed E-state index contributed by atoms with van der Waals surface area (Å²) in [5, 5.41) is 4.95. The number of hydrogen-bond donors (Lipinski definition) is 1. The van der Waals surface area contributed by atoms with Crippen molar-refractivity contribution in [3.05, 3.63) is 83.4 Å². The van der Waals surface area contributed by atoms with E-state index in [0.717, 1.165) is 4.31 Å². The largest absolute Gasteiger partial charge is 0.495 e. The summed E-state index contributed by atoms with van der Waals surface area (Å²) in [6, 6.07) is 16.8. The molecule has 4 rings (SSSR count). The second kappa shape index (κ2) is 9.62. The van der Waals surface area contributed by atoms with Gasteiger partial charge in [-0.25, -0.2) is 13.4 Å². The van der Waals surface area contributed by atoms with E-state index in [-0.39, 0.29) is 10.5 Å². The number of carbonyl (C=O) groups excluding carboxylic acids is 1. The molecule has 8 nitrogen and oxygen atoms in total. The fourth-order valence-corrected chi connectivity index (χ4v) is 5.24. The summed E-state index contributed by atoms with van der Waals surface area (Å²) < 4.78 is 33.1. The standard InChI is InChI=1S/C24H22N4O4S2/c1-16-11-12-17(34(30,31)28(2)21-9-4-5-10-22(21)32-3)14-18(16)23(29)27-24-26-20(15-33-24)19-8-6-7-13-25-19/h4-15H,1-3H3,(H,26,27,29). The van der Waals surface area contributed by atoms with Gasteiger partial charge in [-0.1, -0.05) is 24.3 Å². The van der Waals surface area contributed by atoms with Gasteiger partial charge in [-0.15, -0.1) is 11.3 Å². The first-order valence-electron chi connectivity index (χ1n) is 10.2. The Labute approximate surface area is 201 Å². The quantitative estimate of drug-likeness (QED) is 0.403. The van der Waals surface area contributed by atoms with Gasteiger partial charge in [0, 0.05) is 24.2 Å². The third kappa shape index (κ3) is 4.63. The molecule has 34 heavy (non-hydrogen) atoms. The van der Waals surface area contributed by atoms with Crippen LogP contribution in [0.3, 0.4) is 0 Å². The fourth-order valence-electron chi connectivity index (χ4n) is 3.31. The smallest absolute Gasteiger partial charge is 0.264 e. The predicted octanol–water partition coefficient (Wildman–Crippen LogP) is 4.60. The van der Waals surface area contributed by atoms with E-state index in [1.807, 2.05) is 18.2 Å². The second-order valence-electron chi connectivity index (χ2n) is 7.33. The maximum atomic E-state index is 13.3. The van der Waals surface area contributed by atoms with E-state index >= 15 is 0 Å². The Kier molecular flexibility index (Phi) is 6.62. The summed E-state index contributed by atoms with van der Waals surface area (Å²) >= 11 is 1.27. The summed E-state index contributed by atoms with van der Waals surface area (Å²) in [6.45, 7) is 1.75. The Bertz CT molecular complexity index is 1440. The Morgan fingerprint density at radius 3 is 2.56 bits per heavy atom. The van der Waals surface area contributed by atoms with Crippen molar-refractivity contribution in [1.29, 1.82) is 0 Å². The van der Waals surface area contributed by atoms with Crippen LogP contribution in [0.25, 0.3) is 11.4 Å². The average molecular weight is 495 g/mol. The first-order valence-corrected chi connectivity index (χ1v) is 12.5. The maximum absolute atomic E-state index is 13.3. The lowest BCUT2D eigenvalue weighted by atomic mass is 10.1. The molecule has 2 heterocycles. The molecule has 4 aromatic rings. The number of pyridine rings is 1. The average Bonchev–Trinajstić information content (AvgIpc) is 3.32. The van der Waals surface area contributed by atoms with Crippen LogP contribution in [0, 0.1) is 6.92 Å². The van der Waals surface area contributed by atoms with Crippen LogP contribution < -0.4 is 14.4 Å². The fraction of sp³-hybridized carbons (Fsp3) is 0.125. The number of benzene rings is 2. The topological polar surface area (TPSA) is 101 Å². The van der Waals surface area contributed by atoms with E-state index in [9.17, 15) is 13.2 Å². The van der Waals surface area contributed by atoms with Crippen molar-refractivity contribution < 1.29 is 17.9 Å². The van der Waals surface area contributed by atoms with Crippen molar-refractivity contribution in [2.45, 2.75) is 11.8 Å². The molecular weight excluding hydrogens is 472 g/mol. The number of amides is 1. The molecular formula is C24H22N4O4S2. The van der Waals surface area contributed by atoms with Gasteiger partial charge in [0.15, 0.2) is 5.13 Å². The number of aryl methyl sites for hydroxylation is 1. The molecule has 2 aromatic heterocycles. The number of ether oxygens (including phenoxy) is 1. The summed E-state index contributed by atoms with van der Waals surface area (Å²) in [7, 11) is -1.03. The van der Waals surface area contributed by atoms with Crippen LogP contribution in [-0.2, 0) is 10.0 Å². The lowest BCUT2D eigenvalue weighted by Gasteiger charge is -2.22. The lowest BCUT2D eigenvalue weighted by Crippen LogP contribution is -2.27. The predicted molar refractivity (Wildman–Crippen MR) is 133 cm³/mol. The molecule has 0 spiro atoms. The second-order valence-corrected chi connectivity index (χ2v) is 10.2. The first-order chi connectivity index (χ1) is 16.3. The zero-order valence-corrected chi connectivity index (χ0v) is 20.4. The molecule has 0 bridgehead atoms. The Morgan fingerprint density at radius 1 is 1.06 bits per heavy atom. The molecule has 0 aliphatic carbocycles. The van der Waals surface area contributed by atoms with Crippen LogP contribution >= 0.6 is 11.3 Å². The third-order valence-electron chi connectivity index (χ3n) is 5.19. The number of nitrogens with zero attached hydrogens (tertiary/aromatic N) is 3. The molecule has 0 aliphatic heterocycles. The highest BCUT2D eigenvalue weighted by Crippen LogP contribution is 2.31. The summed E-state index contributed by atoms with van der Waals surface area (Å²) in [4.78, 5) is 21.7. The highest BCUT2D eigenvalue weighted by atomic mass is 32.2. The van der Waals surface area contributed by atoms with E-state index in [2.05, 4.69) is 15.3 Å². The Hall–Kier alpha value is -3.76. The number of rotatable bonds is 7. The highest BCUT2D eigenvalue weighted by molar-refractivity contribution is 7.92. The monoisotopic (exact) mass is 494 g/mol. The molecule has 1 amide bonds. The Balaban J connectivity index is 1.61. The van der Waals surface area contributed by atoms with Crippen LogP contribution in [0.5, 0.6) is 5.75 Å². The van der Waals surface area contributed by atoms with Crippen molar-refractivity contribution in [3.63, 3.8) is 0 Å². The number of methoxy groups -OCH3 is 1. The molecule has 1 N–H and O–H groups in total. The summed E-state index contributed by atoms with van der Waals surface area (Å²) in [6.07, 6.45) is 1.67. The molecule has 0 atom stereocenters. The summed E-state index contributed by atoms with van der Waals surface area (Å²) in [5.74, 6) is -0.0254. The zero-order chi connectivity index (χ0) is 24.3. The van der Waals surface area contributed by atoms with E-state index < -0.39 is 15.9 Å². The van der Waals surface area contributed by atoms with Gasteiger partial charge >= 0.3 is 0 Å². The summed E-state index contributed by atoms with van der Waals surface area (Å²) in [5.41, 5.74) is 2.61. The number of anilines is 2. The van der Waals surface area contributed by atoms with Gasteiger partial charge in [-0.2, -0.15) is 0 Å². The number of carbonyl (C=O) groups is 1. The molecule has 0 fully saturated rings. The van der Waals surface area contributed by atoms with Gasteiger partial charge in [-0.05, 0) is 48.9 Å². The lowest BCUT2D eigenvalue weighted by molar-refractivity contribution is 0.102. The van der Waals surface area contributed by atoms with Crippen LogP contribution in [0.4, 0.5) is 10.8 Å². The van der Waals surface area contributed by atoms with Gasteiger partial charge in [0.1, 0.15) is 11.4 Å². The molecule has 0 unspecified atom stereocenters. The number of aromatic nitrogens is 2. The molecule has 2 aromatic carbocycles. The SMILES string of the molecule is COc1ccccc1N(C)S(=O)(=O)c1ccc(C)c(C(=O)Nc2nc(-c3ccccn3)cs2)c1. The number of para-hydroxylation sites is 2. The van der Waals surface area contributed by atoms with Crippen LogP contribution in [-0.4, -0.2) is 38.5 Å². The third-order valence-corrected chi connectivity index (χ3v) is 7.71. The van der Waals surface area contributed by atoms with E-state index in [1.165, 1.54) is 37.6 Å². The highest BCUT2D eigenvalue weighted by Gasteiger charge is 2.25. The van der Waals surface area contributed by atoms with Crippen molar-refractivity contribution >= 4 is 38.1 Å². The molecule has 0 saturated heterocycles. The van der Waals surface area contributed by atoms with Gasteiger partial charge in [-0.3, -0.25) is 19.4 Å². The van der Waals surface area contributed by atoms with Gasteiger partial charge in [0.25, 0.3) is 15.9 Å². The van der Waals surface area contributed by atoms with Crippen LogP contribution in [0.2, 0.25) is 0 Å². The number of thiazole rings is 1. The Morgan fingerprint density at radius 2 is 1.82 bits per heavy atom. The minimum atomic E-state index is -3.95. The molecule has 0 saturated carbocycles. The normalized spacial score (nSPS) is 11.1. The van der Waals surface area contributed by atoms with E-state index in [1.54, 1.807) is 48.8 Å². The van der Waals surface area contributed by atoms with Gasteiger partial charge in [0.05, 0.1) is 23.4 Å².